The lowest BCUT2D eigenvalue weighted by Crippen LogP contribution is -2.49. The van der Waals surface area contributed by atoms with Gasteiger partial charge in [-0.1, -0.05) is 0 Å². The SMILES string of the molecule is Cc1c(CN(NC(=O)OC(C)(C)C)C(N)=O)sc2c1c(=O)n(C1CC1)c(=O)n2C[C@@H]1CCCO1. The van der Waals surface area contributed by atoms with Crippen molar-refractivity contribution in [1.29, 1.82) is 0 Å². The fraction of sp³-hybridized carbons (Fsp3) is 0.636. The molecule has 1 saturated heterocycles. The molecule has 2 aromatic rings. The van der Waals surface area contributed by atoms with Crippen molar-refractivity contribution in [3.05, 3.63) is 31.3 Å². The van der Waals surface area contributed by atoms with Gasteiger partial charge in [0.25, 0.3) is 5.56 Å². The zero-order chi connectivity index (χ0) is 24.8. The second kappa shape index (κ2) is 9.06. The molecule has 0 aromatic carbocycles. The van der Waals surface area contributed by atoms with E-state index in [4.69, 9.17) is 15.2 Å². The lowest BCUT2D eigenvalue weighted by molar-refractivity contribution is 0.0376. The van der Waals surface area contributed by atoms with Crippen LogP contribution in [0.4, 0.5) is 9.59 Å². The van der Waals surface area contributed by atoms with Gasteiger partial charge in [-0.2, -0.15) is 0 Å². The van der Waals surface area contributed by atoms with E-state index in [-0.39, 0.29) is 29.9 Å². The highest BCUT2D eigenvalue weighted by atomic mass is 32.1. The molecule has 11 nitrogen and oxygen atoms in total. The Morgan fingerprint density at radius 3 is 2.53 bits per heavy atom. The number of nitrogens with zero attached hydrogens (tertiary/aromatic N) is 3. The standard InChI is InChI=1S/C22H31N5O6S/c1-12-15(11-26(19(23)29)24-20(30)33-22(2,3)4)34-18-16(12)17(28)27(13-7-8-13)21(31)25(18)10-14-6-5-9-32-14/h13-14H,5-11H2,1-4H3,(H2,23,29)(H,24,30)/t14-/m0/s1. The van der Waals surface area contributed by atoms with Gasteiger partial charge in [-0.15, -0.1) is 11.3 Å². The number of primary amides is 1. The number of aromatic nitrogens is 2. The molecule has 34 heavy (non-hydrogen) atoms. The molecule has 2 aromatic heterocycles. The molecule has 2 aliphatic rings. The monoisotopic (exact) mass is 493 g/mol. The Hall–Kier alpha value is -2.86. The summed E-state index contributed by atoms with van der Waals surface area (Å²) in [4.78, 5) is 52.1. The second-order valence-corrected chi connectivity index (χ2v) is 10.9. The predicted molar refractivity (Wildman–Crippen MR) is 127 cm³/mol. The van der Waals surface area contributed by atoms with Crippen molar-refractivity contribution < 1.29 is 19.1 Å². The third-order valence-corrected chi connectivity index (χ3v) is 7.16. The molecular weight excluding hydrogens is 462 g/mol. The van der Waals surface area contributed by atoms with Gasteiger partial charge in [0, 0.05) is 17.5 Å². The summed E-state index contributed by atoms with van der Waals surface area (Å²) in [6, 6.07) is -0.964. The van der Waals surface area contributed by atoms with E-state index in [9.17, 15) is 19.2 Å². The van der Waals surface area contributed by atoms with Crippen LogP contribution in [0.1, 0.15) is 62.9 Å². The quantitative estimate of drug-likeness (QED) is 0.614. The van der Waals surface area contributed by atoms with Gasteiger partial charge in [-0.05, 0) is 58.9 Å². The first kappa shape index (κ1) is 24.3. The Kier molecular flexibility index (Phi) is 6.47. The fourth-order valence-electron chi connectivity index (χ4n) is 4.10. The van der Waals surface area contributed by atoms with Crippen molar-refractivity contribution in [1.82, 2.24) is 19.6 Å². The number of fused-ring (bicyclic) bond motifs is 1. The summed E-state index contributed by atoms with van der Waals surface area (Å²) in [6.07, 6.45) is 2.47. The number of nitrogens with two attached hydrogens (primary N) is 1. The number of carbonyl (C=O) groups excluding carboxylic acids is 2. The van der Waals surface area contributed by atoms with Gasteiger partial charge in [0.05, 0.1) is 24.6 Å². The Bertz CT molecular complexity index is 1230. The van der Waals surface area contributed by atoms with Crippen LogP contribution >= 0.6 is 11.3 Å². The van der Waals surface area contributed by atoms with Gasteiger partial charge in [-0.25, -0.2) is 24.8 Å². The number of urea groups is 1. The van der Waals surface area contributed by atoms with E-state index >= 15 is 0 Å². The summed E-state index contributed by atoms with van der Waals surface area (Å²) in [5.41, 5.74) is 7.09. The van der Waals surface area contributed by atoms with Gasteiger partial charge in [-0.3, -0.25) is 13.9 Å². The maximum Gasteiger partial charge on any atom is 0.426 e. The number of hydrogen-bond acceptors (Lipinski definition) is 7. The molecule has 3 heterocycles. The average Bonchev–Trinajstić information content (AvgIpc) is 3.30. The van der Waals surface area contributed by atoms with E-state index in [1.54, 1.807) is 32.3 Å². The van der Waals surface area contributed by atoms with Crippen LogP contribution in [0.2, 0.25) is 0 Å². The van der Waals surface area contributed by atoms with Crippen molar-refractivity contribution in [3.8, 4) is 0 Å². The van der Waals surface area contributed by atoms with E-state index < -0.39 is 17.7 Å². The Labute approximate surface area is 200 Å². The largest absolute Gasteiger partial charge is 0.443 e. The molecule has 4 rings (SSSR count). The number of ether oxygens (including phenoxy) is 2. The van der Waals surface area contributed by atoms with Crippen LogP contribution in [0.15, 0.2) is 9.59 Å². The molecule has 0 spiro atoms. The van der Waals surface area contributed by atoms with E-state index in [1.165, 1.54) is 15.9 Å². The van der Waals surface area contributed by atoms with E-state index in [1.807, 2.05) is 0 Å². The van der Waals surface area contributed by atoms with Crippen LogP contribution in [0.25, 0.3) is 10.2 Å². The maximum absolute atomic E-state index is 13.3. The first-order chi connectivity index (χ1) is 16.0. The van der Waals surface area contributed by atoms with Crippen LogP contribution in [-0.2, 0) is 22.6 Å². The van der Waals surface area contributed by atoms with Crippen LogP contribution in [0, 0.1) is 6.92 Å². The number of hydrogen-bond donors (Lipinski definition) is 2. The van der Waals surface area contributed by atoms with Gasteiger partial charge in [0.15, 0.2) is 0 Å². The molecule has 0 unspecified atom stereocenters. The Morgan fingerprint density at radius 2 is 1.97 bits per heavy atom. The molecule has 3 amide bonds. The van der Waals surface area contributed by atoms with Crippen molar-refractivity contribution in [3.63, 3.8) is 0 Å². The van der Waals surface area contributed by atoms with Crippen molar-refractivity contribution in [2.75, 3.05) is 6.61 Å². The minimum atomic E-state index is -0.880. The minimum Gasteiger partial charge on any atom is -0.443 e. The molecule has 1 aliphatic carbocycles. The summed E-state index contributed by atoms with van der Waals surface area (Å²) >= 11 is 1.24. The van der Waals surface area contributed by atoms with Gasteiger partial charge in [0.1, 0.15) is 10.4 Å². The maximum atomic E-state index is 13.3. The summed E-state index contributed by atoms with van der Waals surface area (Å²) in [7, 11) is 0. The molecule has 1 aliphatic heterocycles. The molecule has 0 bridgehead atoms. The number of hydrazine groups is 1. The lowest BCUT2D eigenvalue weighted by atomic mass is 10.2. The molecule has 3 N–H and O–H groups in total. The van der Waals surface area contributed by atoms with E-state index in [0.29, 0.717) is 33.8 Å². The summed E-state index contributed by atoms with van der Waals surface area (Å²) in [5, 5.41) is 1.39. The first-order valence-corrected chi connectivity index (χ1v) is 12.2. The zero-order valence-corrected chi connectivity index (χ0v) is 20.7. The van der Waals surface area contributed by atoms with E-state index in [0.717, 1.165) is 30.7 Å². The van der Waals surface area contributed by atoms with E-state index in [2.05, 4.69) is 5.43 Å². The highest BCUT2D eigenvalue weighted by molar-refractivity contribution is 7.18. The van der Waals surface area contributed by atoms with Crippen LogP contribution in [0.3, 0.4) is 0 Å². The first-order valence-electron chi connectivity index (χ1n) is 11.4. The van der Waals surface area contributed by atoms with Crippen LogP contribution in [-0.4, -0.2) is 44.6 Å². The number of amides is 3. The van der Waals surface area contributed by atoms with Gasteiger partial charge < -0.3 is 15.2 Å². The number of aryl methyl sites for hydroxylation is 1. The van der Waals surface area contributed by atoms with Crippen LogP contribution in [0.5, 0.6) is 0 Å². The van der Waals surface area contributed by atoms with Gasteiger partial charge >= 0.3 is 17.8 Å². The molecule has 12 heteroatoms. The summed E-state index contributed by atoms with van der Waals surface area (Å²) < 4.78 is 13.9. The number of rotatable bonds is 5. The third kappa shape index (κ3) is 4.97. The molecular formula is C22H31N5O6S. The number of nitrogens with one attached hydrogen (secondary N) is 1. The summed E-state index contributed by atoms with van der Waals surface area (Å²) in [5.74, 6) is 0. The minimum absolute atomic E-state index is 0.0727. The zero-order valence-electron chi connectivity index (χ0n) is 19.9. The third-order valence-electron chi connectivity index (χ3n) is 5.86. The molecule has 2 fully saturated rings. The normalized spacial score (nSPS) is 18.3. The molecule has 0 radical (unpaired) electrons. The van der Waals surface area contributed by atoms with Crippen molar-refractivity contribution in [2.45, 2.75) is 84.2 Å². The second-order valence-electron chi connectivity index (χ2n) is 9.80. The molecule has 186 valence electrons. The summed E-state index contributed by atoms with van der Waals surface area (Å²) in [6.45, 7) is 7.83. The smallest absolute Gasteiger partial charge is 0.426 e. The van der Waals surface area contributed by atoms with Crippen LogP contribution < -0.4 is 22.4 Å². The van der Waals surface area contributed by atoms with Gasteiger partial charge in [0.2, 0.25) is 0 Å². The fourth-order valence-corrected chi connectivity index (χ4v) is 5.38. The highest BCUT2D eigenvalue weighted by Crippen LogP contribution is 2.34. The average molecular weight is 494 g/mol. The highest BCUT2D eigenvalue weighted by Gasteiger charge is 2.32. The lowest BCUT2D eigenvalue weighted by Gasteiger charge is -2.24. The molecule has 1 atom stereocenters. The topological polar surface area (TPSA) is 138 Å². The van der Waals surface area contributed by atoms with Crippen molar-refractivity contribution >= 4 is 33.7 Å². The predicted octanol–water partition coefficient (Wildman–Crippen LogP) is 2.37. The Morgan fingerprint density at radius 1 is 1.26 bits per heavy atom. The number of carbonyl (C=O) groups is 2. The van der Waals surface area contributed by atoms with Crippen molar-refractivity contribution in [2.24, 2.45) is 5.73 Å². The Balaban J connectivity index is 1.73. The number of thiophene rings is 1. The molecule has 1 saturated carbocycles.